The van der Waals surface area contributed by atoms with E-state index in [1.807, 2.05) is 42.6 Å². The molecule has 0 unspecified atom stereocenters. The number of carboxylic acids is 1. The highest BCUT2D eigenvalue weighted by molar-refractivity contribution is 5.89. The summed E-state index contributed by atoms with van der Waals surface area (Å²) in [5.41, 5.74) is 5.47. The molecule has 1 heterocycles. The van der Waals surface area contributed by atoms with Crippen LogP contribution in [0.4, 0.5) is 0 Å². The molecule has 1 aliphatic carbocycles. The number of nitrogens with zero attached hydrogens (tertiary/aromatic N) is 1. The molecule has 4 nitrogen and oxygen atoms in total. The zero-order valence-corrected chi connectivity index (χ0v) is 15.9. The van der Waals surface area contributed by atoms with Crippen molar-refractivity contribution in [3.63, 3.8) is 0 Å². The van der Waals surface area contributed by atoms with E-state index < -0.39 is 5.97 Å². The Balaban J connectivity index is 1.81. The summed E-state index contributed by atoms with van der Waals surface area (Å²) in [4.78, 5) is 16.0. The number of aromatic carboxylic acids is 1. The van der Waals surface area contributed by atoms with Gasteiger partial charge >= 0.3 is 5.97 Å². The van der Waals surface area contributed by atoms with E-state index in [-0.39, 0.29) is 5.56 Å². The highest BCUT2D eigenvalue weighted by Gasteiger charge is 2.20. The Morgan fingerprint density at radius 3 is 2.25 bits per heavy atom. The number of carboxylic acid groups (broad SMARTS) is 1. The molecule has 0 spiro atoms. The van der Waals surface area contributed by atoms with E-state index in [2.05, 4.69) is 6.07 Å². The molecule has 3 aromatic rings. The topological polar surface area (TPSA) is 59.4 Å². The van der Waals surface area contributed by atoms with Gasteiger partial charge in [-0.1, -0.05) is 25.0 Å². The lowest BCUT2D eigenvalue weighted by molar-refractivity contribution is 0.0697. The molecular formula is C24H23NO3. The molecule has 2 aromatic carbocycles. The van der Waals surface area contributed by atoms with Crippen molar-refractivity contribution in [3.8, 4) is 28.1 Å². The van der Waals surface area contributed by atoms with Gasteiger partial charge in [-0.2, -0.15) is 0 Å². The molecule has 4 rings (SSSR count). The second kappa shape index (κ2) is 7.85. The molecule has 0 bridgehead atoms. The summed E-state index contributed by atoms with van der Waals surface area (Å²) in [6.45, 7) is 0. The van der Waals surface area contributed by atoms with E-state index in [0.29, 0.717) is 5.92 Å². The van der Waals surface area contributed by atoms with Crippen LogP contribution in [-0.4, -0.2) is 23.2 Å². The Morgan fingerprint density at radius 1 is 1.00 bits per heavy atom. The molecule has 1 aliphatic rings. The fourth-order valence-electron chi connectivity index (χ4n) is 3.95. The molecule has 0 saturated heterocycles. The van der Waals surface area contributed by atoms with Gasteiger partial charge in [0.05, 0.1) is 18.4 Å². The maximum absolute atomic E-state index is 11.2. The summed E-state index contributed by atoms with van der Waals surface area (Å²) >= 11 is 0. The van der Waals surface area contributed by atoms with Gasteiger partial charge in [0, 0.05) is 17.3 Å². The number of methoxy groups -OCH3 is 1. The van der Waals surface area contributed by atoms with Crippen LogP contribution in [0.2, 0.25) is 0 Å². The van der Waals surface area contributed by atoms with Crippen LogP contribution in [0.25, 0.3) is 22.4 Å². The number of benzene rings is 2. The number of ether oxygens (including phenoxy) is 1. The summed E-state index contributed by atoms with van der Waals surface area (Å²) < 4.78 is 5.27. The maximum atomic E-state index is 11.2. The first-order valence-corrected chi connectivity index (χ1v) is 9.64. The second-order valence-corrected chi connectivity index (χ2v) is 7.26. The normalized spacial score (nSPS) is 14.2. The van der Waals surface area contributed by atoms with Crippen LogP contribution in [0.3, 0.4) is 0 Å². The second-order valence-electron chi connectivity index (χ2n) is 7.26. The fraction of sp³-hybridized carbons (Fsp3) is 0.250. The number of rotatable bonds is 5. The molecular weight excluding hydrogens is 350 g/mol. The van der Waals surface area contributed by atoms with Crippen molar-refractivity contribution in [1.82, 2.24) is 4.98 Å². The van der Waals surface area contributed by atoms with Crippen LogP contribution in [0.1, 0.15) is 47.5 Å². The average molecular weight is 373 g/mol. The molecule has 1 fully saturated rings. The highest BCUT2D eigenvalue weighted by atomic mass is 16.5. The summed E-state index contributed by atoms with van der Waals surface area (Å²) in [7, 11) is 1.65. The van der Waals surface area contributed by atoms with Gasteiger partial charge in [0.1, 0.15) is 5.75 Å². The van der Waals surface area contributed by atoms with Gasteiger partial charge in [0.2, 0.25) is 0 Å². The van der Waals surface area contributed by atoms with Gasteiger partial charge < -0.3 is 9.84 Å². The van der Waals surface area contributed by atoms with Crippen LogP contribution in [0, 0.1) is 0 Å². The molecule has 0 aliphatic heterocycles. The Hall–Kier alpha value is -3.14. The van der Waals surface area contributed by atoms with Crippen molar-refractivity contribution in [2.45, 2.75) is 31.6 Å². The van der Waals surface area contributed by atoms with E-state index in [1.165, 1.54) is 31.2 Å². The lowest BCUT2D eigenvalue weighted by Crippen LogP contribution is -1.99. The van der Waals surface area contributed by atoms with Crippen LogP contribution in [-0.2, 0) is 0 Å². The summed E-state index contributed by atoms with van der Waals surface area (Å²) in [5.74, 6) is 0.452. The molecule has 1 N–H and O–H groups in total. The minimum absolute atomic E-state index is 0.287. The van der Waals surface area contributed by atoms with Crippen molar-refractivity contribution < 1.29 is 14.6 Å². The Morgan fingerprint density at radius 2 is 1.64 bits per heavy atom. The zero-order valence-electron chi connectivity index (χ0n) is 15.9. The third-order valence-corrected chi connectivity index (χ3v) is 5.54. The van der Waals surface area contributed by atoms with Gasteiger partial charge in [0.15, 0.2) is 0 Å². The van der Waals surface area contributed by atoms with E-state index in [1.54, 1.807) is 19.2 Å². The molecule has 142 valence electrons. The smallest absolute Gasteiger partial charge is 0.335 e. The summed E-state index contributed by atoms with van der Waals surface area (Å²) in [5, 5.41) is 9.19. The Kier molecular flexibility index (Phi) is 5.11. The van der Waals surface area contributed by atoms with Crippen LogP contribution in [0.5, 0.6) is 5.75 Å². The minimum Gasteiger partial charge on any atom is -0.497 e. The SMILES string of the molecule is COc1ccc(-c2ncc(C3CCCC3)cc2-c2ccc(C(=O)O)cc2)cc1. The highest BCUT2D eigenvalue weighted by Crippen LogP contribution is 2.38. The van der Waals surface area contributed by atoms with Crippen LogP contribution >= 0.6 is 0 Å². The number of hydrogen-bond donors (Lipinski definition) is 1. The van der Waals surface area contributed by atoms with Crippen molar-refractivity contribution in [3.05, 3.63) is 71.9 Å². The summed E-state index contributed by atoms with van der Waals surface area (Å²) in [6.07, 6.45) is 6.97. The molecule has 1 saturated carbocycles. The Bertz CT molecular complexity index is 972. The molecule has 0 atom stereocenters. The van der Waals surface area contributed by atoms with Crippen molar-refractivity contribution in [2.75, 3.05) is 7.11 Å². The van der Waals surface area contributed by atoms with Crippen molar-refractivity contribution >= 4 is 5.97 Å². The number of pyridine rings is 1. The van der Waals surface area contributed by atoms with Gasteiger partial charge in [-0.05, 0) is 72.4 Å². The van der Waals surface area contributed by atoms with Crippen molar-refractivity contribution in [1.29, 1.82) is 0 Å². The van der Waals surface area contributed by atoms with E-state index in [0.717, 1.165) is 28.1 Å². The molecule has 0 amide bonds. The first-order chi connectivity index (χ1) is 13.7. The number of hydrogen-bond acceptors (Lipinski definition) is 3. The predicted molar refractivity (Wildman–Crippen MR) is 110 cm³/mol. The van der Waals surface area contributed by atoms with Gasteiger partial charge in [-0.15, -0.1) is 0 Å². The molecule has 0 radical (unpaired) electrons. The third-order valence-electron chi connectivity index (χ3n) is 5.54. The van der Waals surface area contributed by atoms with Gasteiger partial charge in [-0.25, -0.2) is 4.79 Å². The van der Waals surface area contributed by atoms with Crippen molar-refractivity contribution in [2.24, 2.45) is 0 Å². The maximum Gasteiger partial charge on any atom is 0.335 e. The third kappa shape index (κ3) is 3.63. The first-order valence-electron chi connectivity index (χ1n) is 9.64. The van der Waals surface area contributed by atoms with E-state index >= 15 is 0 Å². The van der Waals surface area contributed by atoms with Crippen LogP contribution in [0.15, 0.2) is 60.8 Å². The number of carbonyl (C=O) groups is 1. The average Bonchev–Trinajstić information content (AvgIpc) is 3.28. The minimum atomic E-state index is -0.917. The lowest BCUT2D eigenvalue weighted by Gasteiger charge is -2.15. The van der Waals surface area contributed by atoms with Crippen LogP contribution < -0.4 is 4.74 Å². The zero-order chi connectivity index (χ0) is 19.5. The van der Waals surface area contributed by atoms with Gasteiger partial charge in [0.25, 0.3) is 0 Å². The lowest BCUT2D eigenvalue weighted by atomic mass is 9.92. The standard InChI is InChI=1S/C24H23NO3/c1-28-21-12-10-18(11-13-21)23-22(17-6-8-19(9-7-17)24(26)27)14-20(15-25-23)16-4-2-3-5-16/h6-16H,2-5H2,1H3,(H,26,27). The quantitative estimate of drug-likeness (QED) is 0.616. The number of aromatic nitrogens is 1. The van der Waals surface area contributed by atoms with Gasteiger partial charge in [-0.3, -0.25) is 4.98 Å². The first kappa shape index (κ1) is 18.2. The summed E-state index contributed by atoms with van der Waals surface area (Å²) in [6, 6.07) is 17.1. The largest absolute Gasteiger partial charge is 0.497 e. The fourth-order valence-corrected chi connectivity index (χ4v) is 3.95. The molecule has 1 aromatic heterocycles. The molecule has 4 heteroatoms. The Labute approximate surface area is 164 Å². The molecule has 28 heavy (non-hydrogen) atoms. The monoisotopic (exact) mass is 373 g/mol. The van der Waals surface area contributed by atoms with E-state index in [4.69, 9.17) is 9.72 Å². The predicted octanol–water partition coefficient (Wildman–Crippen LogP) is 5.78. The van der Waals surface area contributed by atoms with E-state index in [9.17, 15) is 9.90 Å².